The van der Waals surface area contributed by atoms with Gasteiger partial charge in [0.05, 0.1) is 4.92 Å². The van der Waals surface area contributed by atoms with E-state index in [9.17, 15) is 20.0 Å². The normalized spacial score (nSPS) is 16.1. The van der Waals surface area contributed by atoms with E-state index in [0.717, 1.165) is 12.8 Å². The molecule has 1 atom stereocenters. The number of aliphatic carboxylic acids is 1. The fourth-order valence-corrected chi connectivity index (χ4v) is 2.12. The zero-order chi connectivity index (χ0) is 14.2. The molecular formula is C11H16N4O4. The van der Waals surface area contributed by atoms with Gasteiger partial charge in [0, 0.05) is 6.54 Å². The molecule has 0 amide bonds. The molecule has 0 saturated heterocycles. The number of rotatable bonds is 6. The van der Waals surface area contributed by atoms with Gasteiger partial charge in [-0.1, -0.05) is 0 Å². The SMILES string of the molecule is CCn1nc(C)c([N+](=O)[O-])c1NC(C(=O)O)C1CC1. The van der Waals surface area contributed by atoms with Crippen LogP contribution in [0.1, 0.15) is 25.5 Å². The van der Waals surface area contributed by atoms with E-state index in [-0.39, 0.29) is 23.1 Å². The predicted octanol–water partition coefficient (Wildman–Crippen LogP) is 1.39. The molecule has 8 heteroatoms. The molecule has 8 nitrogen and oxygen atoms in total. The second kappa shape index (κ2) is 4.87. The molecule has 1 aliphatic carbocycles. The first-order valence-corrected chi connectivity index (χ1v) is 6.16. The average Bonchev–Trinajstić information content (AvgIpc) is 3.09. The summed E-state index contributed by atoms with van der Waals surface area (Å²) in [6, 6.07) is -0.792. The molecule has 1 aromatic heterocycles. The maximum absolute atomic E-state index is 11.2. The number of carboxylic acids is 1. The lowest BCUT2D eigenvalue weighted by Gasteiger charge is -2.15. The minimum absolute atomic E-state index is 0.0395. The highest BCUT2D eigenvalue weighted by Gasteiger charge is 2.38. The number of nitrogens with zero attached hydrogens (tertiary/aromatic N) is 3. The quantitative estimate of drug-likeness (QED) is 0.596. The van der Waals surface area contributed by atoms with E-state index in [0.29, 0.717) is 6.54 Å². The van der Waals surface area contributed by atoms with Gasteiger partial charge < -0.3 is 10.4 Å². The zero-order valence-electron chi connectivity index (χ0n) is 10.8. The van der Waals surface area contributed by atoms with Crippen molar-refractivity contribution in [3.63, 3.8) is 0 Å². The third-order valence-electron chi connectivity index (χ3n) is 3.23. The van der Waals surface area contributed by atoms with E-state index >= 15 is 0 Å². The molecule has 1 fully saturated rings. The van der Waals surface area contributed by atoms with Crippen LogP contribution in [0.25, 0.3) is 0 Å². The number of carboxylic acid groups (broad SMARTS) is 1. The summed E-state index contributed by atoms with van der Waals surface area (Å²) in [7, 11) is 0. The summed E-state index contributed by atoms with van der Waals surface area (Å²) in [5.41, 5.74) is 0.142. The number of aryl methyl sites for hydroxylation is 2. The monoisotopic (exact) mass is 268 g/mol. The first-order chi connectivity index (χ1) is 8.95. The number of nitrogens with one attached hydrogen (secondary N) is 1. The smallest absolute Gasteiger partial charge is 0.333 e. The Balaban J connectivity index is 2.36. The summed E-state index contributed by atoms with van der Waals surface area (Å²) < 4.78 is 1.44. The van der Waals surface area contributed by atoms with Crippen molar-refractivity contribution in [2.75, 3.05) is 5.32 Å². The van der Waals surface area contributed by atoms with E-state index in [1.54, 1.807) is 13.8 Å². The number of nitro groups is 1. The number of aromatic nitrogens is 2. The molecule has 1 aliphatic rings. The Kier molecular flexibility index (Phi) is 3.41. The molecule has 0 aliphatic heterocycles. The van der Waals surface area contributed by atoms with Gasteiger partial charge in [0.1, 0.15) is 11.7 Å². The van der Waals surface area contributed by atoms with Crippen molar-refractivity contribution in [3.05, 3.63) is 15.8 Å². The molecule has 104 valence electrons. The van der Waals surface area contributed by atoms with Crippen molar-refractivity contribution in [1.82, 2.24) is 9.78 Å². The maximum Gasteiger partial charge on any atom is 0.333 e. The van der Waals surface area contributed by atoms with Crippen LogP contribution >= 0.6 is 0 Å². The lowest BCUT2D eigenvalue weighted by atomic mass is 10.2. The highest BCUT2D eigenvalue weighted by molar-refractivity contribution is 5.79. The second-order valence-corrected chi connectivity index (χ2v) is 4.65. The fraction of sp³-hybridized carbons (Fsp3) is 0.636. The molecule has 2 N–H and O–H groups in total. The van der Waals surface area contributed by atoms with Crippen LogP contribution in [0.2, 0.25) is 0 Å². The highest BCUT2D eigenvalue weighted by atomic mass is 16.6. The molecule has 0 spiro atoms. The molecule has 0 aromatic carbocycles. The van der Waals surface area contributed by atoms with Gasteiger partial charge in [-0.25, -0.2) is 9.48 Å². The first-order valence-electron chi connectivity index (χ1n) is 6.16. The minimum Gasteiger partial charge on any atom is -0.480 e. The van der Waals surface area contributed by atoms with Crippen molar-refractivity contribution in [2.45, 2.75) is 39.3 Å². The molecule has 19 heavy (non-hydrogen) atoms. The van der Waals surface area contributed by atoms with Gasteiger partial charge in [0.25, 0.3) is 0 Å². The molecular weight excluding hydrogens is 252 g/mol. The van der Waals surface area contributed by atoms with Crippen LogP contribution < -0.4 is 5.32 Å². The number of hydrogen-bond acceptors (Lipinski definition) is 5. The van der Waals surface area contributed by atoms with Crippen LogP contribution in [0.5, 0.6) is 0 Å². The standard InChI is InChI=1S/C11H16N4O4/c1-3-14-10(9(15(18)19)6(2)13-14)12-8(11(16)17)7-4-5-7/h7-8,12H,3-5H2,1-2H3,(H,16,17). The first kappa shape index (κ1) is 13.3. The van der Waals surface area contributed by atoms with Crippen LogP contribution in [-0.4, -0.2) is 31.8 Å². The largest absolute Gasteiger partial charge is 0.480 e. The summed E-state index contributed by atoms with van der Waals surface area (Å²) in [5, 5.41) is 27.1. The summed E-state index contributed by atoms with van der Waals surface area (Å²) in [6.07, 6.45) is 1.66. The molecule has 1 unspecified atom stereocenters. The number of carbonyl (C=O) groups is 1. The number of anilines is 1. The minimum atomic E-state index is -0.988. The highest BCUT2D eigenvalue weighted by Crippen LogP contribution is 2.36. The number of hydrogen-bond donors (Lipinski definition) is 2. The van der Waals surface area contributed by atoms with Gasteiger partial charge in [-0.3, -0.25) is 10.1 Å². The van der Waals surface area contributed by atoms with Crippen LogP contribution in [0.15, 0.2) is 0 Å². The summed E-state index contributed by atoms with van der Waals surface area (Å²) >= 11 is 0. The third-order valence-corrected chi connectivity index (χ3v) is 3.23. The van der Waals surface area contributed by atoms with Gasteiger partial charge in [-0.05, 0) is 32.6 Å². The molecule has 2 rings (SSSR count). The topological polar surface area (TPSA) is 110 Å². The van der Waals surface area contributed by atoms with Crippen molar-refractivity contribution in [3.8, 4) is 0 Å². The Labute approximate surface area is 109 Å². The van der Waals surface area contributed by atoms with Crippen molar-refractivity contribution in [2.24, 2.45) is 5.92 Å². The van der Waals surface area contributed by atoms with E-state index < -0.39 is 16.9 Å². The van der Waals surface area contributed by atoms with Gasteiger partial charge in [0.15, 0.2) is 0 Å². The van der Waals surface area contributed by atoms with E-state index in [4.69, 9.17) is 0 Å². The van der Waals surface area contributed by atoms with Crippen molar-refractivity contribution < 1.29 is 14.8 Å². The lowest BCUT2D eigenvalue weighted by Crippen LogP contribution is -2.32. The fourth-order valence-electron chi connectivity index (χ4n) is 2.12. The van der Waals surface area contributed by atoms with E-state index in [1.165, 1.54) is 4.68 Å². The summed E-state index contributed by atoms with van der Waals surface area (Å²) in [5.74, 6) is -0.764. The van der Waals surface area contributed by atoms with Gasteiger partial charge >= 0.3 is 11.7 Å². The Morgan fingerprint density at radius 1 is 1.68 bits per heavy atom. The van der Waals surface area contributed by atoms with Gasteiger partial charge in [-0.2, -0.15) is 5.10 Å². The molecule has 0 bridgehead atoms. The molecule has 1 heterocycles. The Morgan fingerprint density at radius 3 is 2.74 bits per heavy atom. The third kappa shape index (κ3) is 2.51. The molecule has 1 aromatic rings. The average molecular weight is 268 g/mol. The second-order valence-electron chi connectivity index (χ2n) is 4.65. The van der Waals surface area contributed by atoms with Gasteiger partial charge in [0.2, 0.25) is 5.82 Å². The Morgan fingerprint density at radius 2 is 2.32 bits per heavy atom. The van der Waals surface area contributed by atoms with E-state index in [2.05, 4.69) is 10.4 Å². The van der Waals surface area contributed by atoms with Crippen molar-refractivity contribution >= 4 is 17.5 Å². The lowest BCUT2D eigenvalue weighted by molar-refractivity contribution is -0.384. The Bertz CT molecular complexity index is 521. The van der Waals surface area contributed by atoms with Crippen molar-refractivity contribution in [1.29, 1.82) is 0 Å². The van der Waals surface area contributed by atoms with Crippen LogP contribution in [0.3, 0.4) is 0 Å². The Hall–Kier alpha value is -2.12. The van der Waals surface area contributed by atoms with Gasteiger partial charge in [-0.15, -0.1) is 0 Å². The van der Waals surface area contributed by atoms with Crippen LogP contribution in [0, 0.1) is 23.0 Å². The van der Waals surface area contributed by atoms with E-state index in [1.807, 2.05) is 0 Å². The van der Waals surface area contributed by atoms with Crippen LogP contribution in [0.4, 0.5) is 11.5 Å². The van der Waals surface area contributed by atoms with Crippen LogP contribution in [-0.2, 0) is 11.3 Å². The zero-order valence-corrected chi connectivity index (χ0v) is 10.8. The predicted molar refractivity (Wildman–Crippen MR) is 67.1 cm³/mol. The summed E-state index contributed by atoms with van der Waals surface area (Å²) in [6.45, 7) is 3.78. The maximum atomic E-state index is 11.2. The molecule has 1 saturated carbocycles. The molecule has 0 radical (unpaired) electrons. The summed E-state index contributed by atoms with van der Waals surface area (Å²) in [4.78, 5) is 21.8.